The average Bonchev–Trinajstić information content (AvgIpc) is 2.99. The molecule has 2 aromatic rings. The van der Waals surface area contributed by atoms with Crippen molar-refractivity contribution in [3.63, 3.8) is 0 Å². The molecule has 2 heterocycles. The van der Waals surface area contributed by atoms with Gasteiger partial charge in [0.05, 0.1) is 12.6 Å². The molecule has 1 N–H and O–H groups in total. The molecule has 18 heavy (non-hydrogen) atoms. The van der Waals surface area contributed by atoms with Crippen LogP contribution >= 0.6 is 27.3 Å². The quantitative estimate of drug-likeness (QED) is 0.928. The molecule has 3 rings (SSSR count). The van der Waals surface area contributed by atoms with Crippen molar-refractivity contribution in [2.45, 2.75) is 12.5 Å². The van der Waals surface area contributed by atoms with E-state index in [0.717, 1.165) is 23.2 Å². The van der Waals surface area contributed by atoms with Crippen LogP contribution in [-0.4, -0.2) is 13.7 Å². The Morgan fingerprint density at radius 1 is 1.44 bits per heavy atom. The van der Waals surface area contributed by atoms with Crippen LogP contribution in [0.1, 0.15) is 22.7 Å². The fraction of sp³-hybridized carbons (Fsp3) is 0.286. The molecule has 0 saturated carbocycles. The maximum Gasteiger partial charge on any atom is 0.127 e. The first-order valence-electron chi connectivity index (χ1n) is 5.94. The maximum atomic E-state index is 5.81. The highest BCUT2D eigenvalue weighted by Gasteiger charge is 2.23. The van der Waals surface area contributed by atoms with Crippen molar-refractivity contribution in [1.82, 2.24) is 5.32 Å². The van der Waals surface area contributed by atoms with Crippen molar-refractivity contribution in [3.8, 4) is 5.75 Å². The van der Waals surface area contributed by atoms with E-state index in [0.29, 0.717) is 0 Å². The van der Waals surface area contributed by atoms with E-state index in [2.05, 4.69) is 50.2 Å². The number of rotatable bonds is 3. The van der Waals surface area contributed by atoms with Crippen LogP contribution in [0.5, 0.6) is 5.75 Å². The third-order valence-electron chi connectivity index (χ3n) is 3.25. The molecule has 0 amide bonds. The van der Waals surface area contributed by atoms with Gasteiger partial charge in [-0.25, -0.2) is 0 Å². The Bertz CT molecular complexity index is 553. The zero-order valence-electron chi connectivity index (χ0n) is 10.1. The van der Waals surface area contributed by atoms with E-state index < -0.39 is 0 Å². The van der Waals surface area contributed by atoms with Gasteiger partial charge in [0.25, 0.3) is 0 Å². The summed E-state index contributed by atoms with van der Waals surface area (Å²) in [6.07, 6.45) is 1.00. The third-order valence-corrected chi connectivity index (χ3v) is 4.41. The topological polar surface area (TPSA) is 21.3 Å². The fourth-order valence-electron chi connectivity index (χ4n) is 2.45. The van der Waals surface area contributed by atoms with Gasteiger partial charge in [-0.3, -0.25) is 0 Å². The summed E-state index contributed by atoms with van der Waals surface area (Å²) in [6, 6.07) is 6.67. The Kier molecular flexibility index (Phi) is 3.41. The second-order valence-electron chi connectivity index (χ2n) is 4.36. The van der Waals surface area contributed by atoms with E-state index in [4.69, 9.17) is 4.74 Å². The molecule has 1 aromatic heterocycles. The van der Waals surface area contributed by atoms with Gasteiger partial charge < -0.3 is 10.1 Å². The van der Waals surface area contributed by atoms with Crippen LogP contribution in [0.2, 0.25) is 0 Å². The summed E-state index contributed by atoms with van der Waals surface area (Å²) >= 11 is 5.32. The summed E-state index contributed by atoms with van der Waals surface area (Å²) in [6.45, 7) is 0.791. The van der Waals surface area contributed by atoms with Gasteiger partial charge in [-0.05, 0) is 47.1 Å². The molecule has 0 fully saturated rings. The van der Waals surface area contributed by atoms with E-state index in [1.807, 2.05) is 7.05 Å². The predicted octanol–water partition coefficient (Wildman–Crippen LogP) is 3.75. The van der Waals surface area contributed by atoms with Crippen molar-refractivity contribution in [3.05, 3.63) is 50.1 Å². The molecule has 1 aliphatic rings. The number of benzene rings is 1. The molecule has 2 nitrogen and oxygen atoms in total. The van der Waals surface area contributed by atoms with E-state index in [1.165, 1.54) is 16.7 Å². The van der Waals surface area contributed by atoms with Gasteiger partial charge in [0.15, 0.2) is 0 Å². The molecule has 0 bridgehead atoms. The van der Waals surface area contributed by atoms with E-state index in [1.54, 1.807) is 11.3 Å². The standard InChI is InChI=1S/C14H14BrNOS/c1-16-13(10-3-5-18-8-10)12-7-11(15)6-9-2-4-17-14(9)12/h3,5-8,13,16H,2,4H2,1H3. The van der Waals surface area contributed by atoms with Gasteiger partial charge in [0.2, 0.25) is 0 Å². The average molecular weight is 324 g/mol. The van der Waals surface area contributed by atoms with Crippen LogP contribution < -0.4 is 10.1 Å². The number of halogens is 1. The second-order valence-corrected chi connectivity index (χ2v) is 6.06. The Morgan fingerprint density at radius 3 is 3.06 bits per heavy atom. The Hall–Kier alpha value is -0.840. The second kappa shape index (κ2) is 5.03. The molecule has 94 valence electrons. The van der Waals surface area contributed by atoms with Crippen molar-refractivity contribution in [2.24, 2.45) is 0 Å². The van der Waals surface area contributed by atoms with E-state index in [9.17, 15) is 0 Å². The molecular formula is C14H14BrNOS. The first-order valence-corrected chi connectivity index (χ1v) is 7.67. The van der Waals surface area contributed by atoms with Crippen LogP contribution in [-0.2, 0) is 6.42 Å². The number of thiophene rings is 1. The largest absolute Gasteiger partial charge is 0.493 e. The first-order chi connectivity index (χ1) is 8.79. The Labute approximate surface area is 119 Å². The van der Waals surface area contributed by atoms with Crippen LogP contribution in [0.25, 0.3) is 0 Å². The minimum Gasteiger partial charge on any atom is -0.493 e. The fourth-order valence-corrected chi connectivity index (χ4v) is 3.66. The number of hydrogen-bond donors (Lipinski definition) is 1. The maximum absolute atomic E-state index is 5.81. The summed E-state index contributed by atoms with van der Waals surface area (Å²) in [5.41, 5.74) is 3.81. The van der Waals surface area contributed by atoms with Crippen molar-refractivity contribution in [2.75, 3.05) is 13.7 Å². The lowest BCUT2D eigenvalue weighted by molar-refractivity contribution is 0.351. The molecule has 4 heteroatoms. The Morgan fingerprint density at radius 2 is 2.33 bits per heavy atom. The minimum absolute atomic E-state index is 0.195. The van der Waals surface area contributed by atoms with Gasteiger partial charge in [-0.1, -0.05) is 15.9 Å². The van der Waals surface area contributed by atoms with Crippen molar-refractivity contribution < 1.29 is 4.74 Å². The molecule has 0 radical (unpaired) electrons. The summed E-state index contributed by atoms with van der Waals surface area (Å²) in [7, 11) is 1.99. The molecule has 0 saturated heterocycles. The third kappa shape index (κ3) is 2.09. The summed E-state index contributed by atoms with van der Waals surface area (Å²) < 4.78 is 6.93. The molecule has 1 unspecified atom stereocenters. The number of fused-ring (bicyclic) bond motifs is 1. The number of ether oxygens (including phenoxy) is 1. The summed E-state index contributed by atoms with van der Waals surface area (Å²) in [5, 5.41) is 7.68. The summed E-state index contributed by atoms with van der Waals surface area (Å²) in [4.78, 5) is 0. The normalized spacial score (nSPS) is 15.2. The highest BCUT2D eigenvalue weighted by molar-refractivity contribution is 9.10. The minimum atomic E-state index is 0.195. The smallest absolute Gasteiger partial charge is 0.127 e. The van der Waals surface area contributed by atoms with E-state index in [-0.39, 0.29) is 6.04 Å². The lowest BCUT2D eigenvalue weighted by Gasteiger charge is -2.19. The highest BCUT2D eigenvalue weighted by Crippen LogP contribution is 2.38. The van der Waals surface area contributed by atoms with Gasteiger partial charge in [-0.2, -0.15) is 11.3 Å². The van der Waals surface area contributed by atoms with Crippen LogP contribution in [0.4, 0.5) is 0 Å². The first kappa shape index (κ1) is 12.2. The van der Waals surface area contributed by atoms with Crippen molar-refractivity contribution >= 4 is 27.3 Å². The lowest BCUT2D eigenvalue weighted by atomic mass is 9.98. The molecular weight excluding hydrogens is 310 g/mol. The zero-order valence-corrected chi connectivity index (χ0v) is 12.5. The van der Waals surface area contributed by atoms with Crippen LogP contribution in [0.3, 0.4) is 0 Å². The van der Waals surface area contributed by atoms with Gasteiger partial charge in [0, 0.05) is 16.5 Å². The molecule has 1 atom stereocenters. The Balaban J connectivity index is 2.10. The molecule has 1 aromatic carbocycles. The highest BCUT2D eigenvalue weighted by atomic mass is 79.9. The van der Waals surface area contributed by atoms with Gasteiger partial charge >= 0.3 is 0 Å². The van der Waals surface area contributed by atoms with Crippen LogP contribution in [0.15, 0.2) is 33.4 Å². The molecule has 1 aliphatic heterocycles. The van der Waals surface area contributed by atoms with E-state index >= 15 is 0 Å². The zero-order chi connectivity index (χ0) is 12.5. The SMILES string of the molecule is CNC(c1ccsc1)c1cc(Br)cc2c1OCC2. The van der Waals surface area contributed by atoms with Gasteiger partial charge in [0.1, 0.15) is 5.75 Å². The van der Waals surface area contributed by atoms with Crippen LogP contribution in [0, 0.1) is 0 Å². The predicted molar refractivity (Wildman–Crippen MR) is 78.6 cm³/mol. The molecule has 0 aliphatic carbocycles. The van der Waals surface area contributed by atoms with Gasteiger partial charge in [-0.15, -0.1) is 0 Å². The number of hydrogen-bond acceptors (Lipinski definition) is 3. The lowest BCUT2D eigenvalue weighted by Crippen LogP contribution is -2.17. The summed E-state index contributed by atoms with van der Waals surface area (Å²) in [5.74, 6) is 1.06. The molecule has 0 spiro atoms. The monoisotopic (exact) mass is 323 g/mol. The number of nitrogens with one attached hydrogen (secondary N) is 1. The van der Waals surface area contributed by atoms with Crippen molar-refractivity contribution in [1.29, 1.82) is 0 Å².